The van der Waals surface area contributed by atoms with E-state index < -0.39 is 6.55 Å². The first kappa shape index (κ1) is 14.6. The molecule has 0 unspecified atom stereocenters. The average Bonchev–Trinajstić information content (AvgIpc) is 2.77. The van der Waals surface area contributed by atoms with Crippen molar-refractivity contribution in [2.75, 3.05) is 13.2 Å². The minimum atomic E-state index is -2.58. The van der Waals surface area contributed by atoms with Gasteiger partial charge in [0, 0.05) is 18.8 Å². The molecular weight excluding hydrogens is 244 g/mol. The van der Waals surface area contributed by atoms with E-state index >= 15 is 0 Å². The van der Waals surface area contributed by atoms with Crippen LogP contribution in [0.5, 0.6) is 0 Å². The minimum absolute atomic E-state index is 0.242. The number of hydrogen-bond donors (Lipinski definition) is 1. The summed E-state index contributed by atoms with van der Waals surface area (Å²) < 4.78 is 30.5. The van der Waals surface area contributed by atoms with Crippen LogP contribution < -0.4 is 5.32 Å². The second-order valence-electron chi connectivity index (χ2n) is 3.61. The predicted molar refractivity (Wildman–Crippen MR) is 61.1 cm³/mol. The van der Waals surface area contributed by atoms with E-state index in [0.29, 0.717) is 26.0 Å². The van der Waals surface area contributed by atoms with E-state index in [1.54, 1.807) is 6.92 Å². The molecule has 0 aromatic carbocycles. The summed E-state index contributed by atoms with van der Waals surface area (Å²) in [5.41, 5.74) is 0. The molecule has 1 aromatic heterocycles. The number of esters is 1. The van der Waals surface area contributed by atoms with E-state index in [1.165, 1.54) is 12.4 Å². The van der Waals surface area contributed by atoms with E-state index in [4.69, 9.17) is 4.74 Å². The Bertz CT molecular complexity index is 369. The van der Waals surface area contributed by atoms with Crippen LogP contribution in [0.15, 0.2) is 12.4 Å². The maximum atomic E-state index is 12.5. The van der Waals surface area contributed by atoms with Crippen LogP contribution in [0.4, 0.5) is 8.78 Å². The van der Waals surface area contributed by atoms with Crippen molar-refractivity contribution in [1.29, 1.82) is 0 Å². The lowest BCUT2D eigenvalue weighted by Crippen LogP contribution is -2.19. The Morgan fingerprint density at radius 1 is 1.61 bits per heavy atom. The monoisotopic (exact) mass is 261 g/mol. The van der Waals surface area contributed by atoms with Gasteiger partial charge in [0.05, 0.1) is 13.2 Å². The number of carbonyl (C=O) groups is 1. The highest BCUT2D eigenvalue weighted by Gasteiger charge is 2.10. The summed E-state index contributed by atoms with van der Waals surface area (Å²) in [5, 5.41) is 2.96. The molecule has 0 spiro atoms. The van der Waals surface area contributed by atoms with Crippen molar-refractivity contribution < 1.29 is 18.3 Å². The number of nitrogens with zero attached hydrogens (tertiary/aromatic N) is 2. The number of halogens is 2. The molecular formula is C11H17F2N3O2. The standard InChI is InChI=1S/C11H17F2N3O2/c1-2-18-10(17)4-3-5-14-8-9-15-6-7-16(9)11(12)13/h6-7,11,14H,2-5,8H2,1H3. The molecule has 0 amide bonds. The molecule has 0 atom stereocenters. The lowest BCUT2D eigenvalue weighted by Gasteiger charge is -2.07. The number of imidazole rings is 1. The molecule has 0 radical (unpaired) electrons. The van der Waals surface area contributed by atoms with Crippen LogP contribution in [0.2, 0.25) is 0 Å². The number of hydrogen-bond acceptors (Lipinski definition) is 4. The van der Waals surface area contributed by atoms with Crippen LogP contribution in [-0.2, 0) is 16.1 Å². The summed E-state index contributed by atoms with van der Waals surface area (Å²) in [4.78, 5) is 14.8. The van der Waals surface area contributed by atoms with Crippen molar-refractivity contribution in [1.82, 2.24) is 14.9 Å². The first-order valence-electron chi connectivity index (χ1n) is 5.81. The Balaban J connectivity index is 2.18. The van der Waals surface area contributed by atoms with Crippen molar-refractivity contribution >= 4 is 5.97 Å². The summed E-state index contributed by atoms with van der Waals surface area (Å²) in [7, 11) is 0. The molecule has 5 nitrogen and oxygen atoms in total. The van der Waals surface area contributed by atoms with Crippen LogP contribution >= 0.6 is 0 Å². The number of alkyl halides is 2. The number of nitrogens with one attached hydrogen (secondary N) is 1. The van der Waals surface area contributed by atoms with Gasteiger partial charge in [-0.3, -0.25) is 9.36 Å². The molecule has 1 aromatic rings. The molecule has 0 aliphatic heterocycles. The second-order valence-corrected chi connectivity index (χ2v) is 3.61. The number of carbonyl (C=O) groups excluding carboxylic acids is 1. The topological polar surface area (TPSA) is 56.1 Å². The minimum Gasteiger partial charge on any atom is -0.466 e. The third kappa shape index (κ3) is 4.79. The Kier molecular flexibility index (Phi) is 6.27. The largest absolute Gasteiger partial charge is 0.466 e. The van der Waals surface area contributed by atoms with E-state index in [1.807, 2.05) is 0 Å². The fourth-order valence-electron chi connectivity index (χ4n) is 1.45. The van der Waals surface area contributed by atoms with Gasteiger partial charge in [-0.2, -0.15) is 8.78 Å². The molecule has 1 heterocycles. The summed E-state index contributed by atoms with van der Waals surface area (Å²) in [6.45, 7) is 0.344. The lowest BCUT2D eigenvalue weighted by molar-refractivity contribution is -0.143. The van der Waals surface area contributed by atoms with Gasteiger partial charge in [-0.15, -0.1) is 0 Å². The van der Waals surface area contributed by atoms with E-state index in [-0.39, 0.29) is 18.3 Å². The predicted octanol–water partition coefficient (Wildman–Crippen LogP) is 1.71. The van der Waals surface area contributed by atoms with E-state index in [9.17, 15) is 13.6 Å². The molecule has 1 rings (SSSR count). The molecule has 0 aliphatic rings. The SMILES string of the molecule is CCOC(=O)CCCNCc1nccn1C(F)F. The van der Waals surface area contributed by atoms with Gasteiger partial charge in [-0.1, -0.05) is 0 Å². The Labute approximate surface area is 104 Å². The Hall–Kier alpha value is -1.50. The first-order valence-corrected chi connectivity index (χ1v) is 5.81. The molecule has 0 saturated heterocycles. The number of aromatic nitrogens is 2. The van der Waals surface area contributed by atoms with Crippen LogP contribution in [0.1, 0.15) is 32.1 Å². The fourth-order valence-corrected chi connectivity index (χ4v) is 1.45. The van der Waals surface area contributed by atoms with E-state index in [2.05, 4.69) is 10.3 Å². The molecule has 0 fully saturated rings. The van der Waals surface area contributed by atoms with Gasteiger partial charge >= 0.3 is 12.5 Å². The summed E-state index contributed by atoms with van der Waals surface area (Å²) >= 11 is 0. The van der Waals surface area contributed by atoms with Crippen LogP contribution in [0.25, 0.3) is 0 Å². The van der Waals surface area contributed by atoms with Crippen molar-refractivity contribution in [2.45, 2.75) is 32.9 Å². The normalized spacial score (nSPS) is 10.9. The summed E-state index contributed by atoms with van der Waals surface area (Å²) in [6.07, 6.45) is 3.50. The highest BCUT2D eigenvalue weighted by molar-refractivity contribution is 5.69. The Morgan fingerprint density at radius 3 is 3.06 bits per heavy atom. The third-order valence-corrected chi connectivity index (χ3v) is 2.28. The van der Waals surface area contributed by atoms with Gasteiger partial charge in [-0.05, 0) is 19.9 Å². The van der Waals surface area contributed by atoms with Crippen molar-refractivity contribution in [3.05, 3.63) is 18.2 Å². The average molecular weight is 261 g/mol. The molecule has 18 heavy (non-hydrogen) atoms. The van der Waals surface area contributed by atoms with Crippen LogP contribution in [0.3, 0.4) is 0 Å². The van der Waals surface area contributed by atoms with Crippen LogP contribution in [-0.4, -0.2) is 28.7 Å². The second kappa shape index (κ2) is 7.75. The fraction of sp³-hybridized carbons (Fsp3) is 0.636. The van der Waals surface area contributed by atoms with Crippen molar-refractivity contribution in [2.24, 2.45) is 0 Å². The molecule has 0 aliphatic carbocycles. The zero-order chi connectivity index (χ0) is 13.4. The molecule has 7 heteroatoms. The Morgan fingerprint density at radius 2 is 2.39 bits per heavy atom. The van der Waals surface area contributed by atoms with Gasteiger partial charge < -0.3 is 10.1 Å². The molecule has 0 bridgehead atoms. The van der Waals surface area contributed by atoms with Gasteiger partial charge in [0.2, 0.25) is 0 Å². The lowest BCUT2D eigenvalue weighted by atomic mass is 10.3. The van der Waals surface area contributed by atoms with Crippen LogP contribution in [0, 0.1) is 0 Å². The maximum Gasteiger partial charge on any atom is 0.319 e. The molecule has 1 N–H and O–H groups in total. The summed E-state index contributed by atoms with van der Waals surface area (Å²) in [6, 6.07) is 0. The molecule has 0 saturated carbocycles. The highest BCUT2D eigenvalue weighted by atomic mass is 19.3. The smallest absolute Gasteiger partial charge is 0.319 e. The van der Waals surface area contributed by atoms with Gasteiger partial charge in [0.15, 0.2) is 0 Å². The number of ether oxygens (including phenoxy) is 1. The van der Waals surface area contributed by atoms with Gasteiger partial charge in [-0.25, -0.2) is 4.98 Å². The first-order chi connectivity index (χ1) is 8.65. The van der Waals surface area contributed by atoms with Crippen molar-refractivity contribution in [3.63, 3.8) is 0 Å². The maximum absolute atomic E-state index is 12.5. The third-order valence-electron chi connectivity index (χ3n) is 2.28. The van der Waals surface area contributed by atoms with E-state index in [0.717, 1.165) is 4.57 Å². The number of rotatable bonds is 8. The summed E-state index contributed by atoms with van der Waals surface area (Å²) in [5.74, 6) is 0.0366. The molecule has 102 valence electrons. The van der Waals surface area contributed by atoms with Gasteiger partial charge in [0.25, 0.3) is 0 Å². The van der Waals surface area contributed by atoms with Crippen molar-refractivity contribution in [3.8, 4) is 0 Å². The van der Waals surface area contributed by atoms with Gasteiger partial charge in [0.1, 0.15) is 5.82 Å². The quantitative estimate of drug-likeness (QED) is 0.571. The zero-order valence-electron chi connectivity index (χ0n) is 10.2. The highest BCUT2D eigenvalue weighted by Crippen LogP contribution is 2.11. The zero-order valence-corrected chi connectivity index (χ0v) is 10.2.